The molecule has 4 heteroatoms. The van der Waals surface area contributed by atoms with Crippen molar-refractivity contribution < 1.29 is 9.53 Å². The van der Waals surface area contributed by atoms with Gasteiger partial charge in [0.2, 0.25) is 0 Å². The summed E-state index contributed by atoms with van der Waals surface area (Å²) >= 11 is 1.69. The first-order valence-corrected chi connectivity index (χ1v) is 8.36. The van der Waals surface area contributed by atoms with Crippen molar-refractivity contribution in [3.63, 3.8) is 0 Å². The Morgan fingerprint density at radius 3 is 2.55 bits per heavy atom. The molecule has 0 aromatic heterocycles. The molecule has 0 radical (unpaired) electrons. The van der Waals surface area contributed by atoms with Crippen molar-refractivity contribution >= 4 is 17.7 Å². The van der Waals surface area contributed by atoms with E-state index in [0.29, 0.717) is 6.54 Å². The number of benzene rings is 2. The molecular weight excluding hydrogens is 294 g/mol. The minimum absolute atomic E-state index is 0.00920. The number of carbonyl (C=O) groups excluding carboxylic acids is 1. The Hall–Kier alpha value is -1.94. The van der Waals surface area contributed by atoms with Crippen LogP contribution in [0.4, 0.5) is 0 Å². The van der Waals surface area contributed by atoms with Crippen molar-refractivity contribution in [3.8, 4) is 5.75 Å². The molecule has 0 spiro atoms. The fraction of sp³-hybridized carbons (Fsp3) is 0.278. The Bertz CT molecular complexity index is 611. The van der Waals surface area contributed by atoms with E-state index in [1.807, 2.05) is 48.5 Å². The molecule has 0 atom stereocenters. The first-order valence-electron chi connectivity index (χ1n) is 7.37. The van der Waals surface area contributed by atoms with Gasteiger partial charge in [-0.2, -0.15) is 0 Å². The maximum Gasteiger partial charge on any atom is 0.252 e. The molecule has 2 aromatic carbocycles. The van der Waals surface area contributed by atoms with E-state index in [4.69, 9.17) is 4.74 Å². The summed E-state index contributed by atoms with van der Waals surface area (Å²) in [5.74, 6) is 1.79. The summed E-state index contributed by atoms with van der Waals surface area (Å²) in [5, 5.41) is 2.99. The second-order valence-electron chi connectivity index (χ2n) is 4.78. The van der Waals surface area contributed by atoms with Gasteiger partial charge in [0.05, 0.1) is 12.7 Å². The average molecular weight is 315 g/mol. The van der Waals surface area contributed by atoms with Crippen LogP contribution >= 0.6 is 11.8 Å². The van der Waals surface area contributed by atoms with Gasteiger partial charge < -0.3 is 10.1 Å². The first kappa shape index (κ1) is 16.4. The van der Waals surface area contributed by atoms with Crippen molar-refractivity contribution in [2.75, 3.05) is 19.4 Å². The summed E-state index contributed by atoms with van der Waals surface area (Å²) < 4.78 is 5.13. The van der Waals surface area contributed by atoms with Gasteiger partial charge in [-0.15, -0.1) is 11.8 Å². The molecule has 0 aliphatic rings. The summed E-state index contributed by atoms with van der Waals surface area (Å²) in [5.41, 5.74) is 1.93. The van der Waals surface area contributed by atoms with Crippen LogP contribution in [0.3, 0.4) is 0 Å². The number of methoxy groups -OCH3 is 1. The van der Waals surface area contributed by atoms with Crippen molar-refractivity contribution in [1.82, 2.24) is 5.32 Å². The number of rotatable bonds is 7. The number of hydrogen-bond donors (Lipinski definition) is 1. The molecule has 0 saturated heterocycles. The number of ether oxygens (including phenoxy) is 1. The van der Waals surface area contributed by atoms with Crippen LogP contribution < -0.4 is 10.1 Å². The van der Waals surface area contributed by atoms with Gasteiger partial charge in [-0.05, 0) is 42.0 Å². The van der Waals surface area contributed by atoms with Crippen LogP contribution in [0.1, 0.15) is 22.8 Å². The Morgan fingerprint density at radius 2 is 1.86 bits per heavy atom. The zero-order valence-corrected chi connectivity index (χ0v) is 13.8. The third-order valence-corrected chi connectivity index (χ3v) is 4.25. The van der Waals surface area contributed by atoms with Gasteiger partial charge >= 0.3 is 0 Å². The van der Waals surface area contributed by atoms with Gasteiger partial charge in [-0.25, -0.2) is 0 Å². The largest absolute Gasteiger partial charge is 0.497 e. The molecule has 0 heterocycles. The van der Waals surface area contributed by atoms with E-state index in [9.17, 15) is 4.79 Å². The van der Waals surface area contributed by atoms with E-state index in [0.717, 1.165) is 28.4 Å². The average Bonchev–Trinajstić information content (AvgIpc) is 2.56. The van der Waals surface area contributed by atoms with E-state index in [1.165, 1.54) is 5.56 Å². The van der Waals surface area contributed by atoms with E-state index in [2.05, 4.69) is 12.2 Å². The van der Waals surface area contributed by atoms with Crippen LogP contribution in [-0.2, 0) is 6.42 Å². The maximum atomic E-state index is 12.3. The molecule has 1 amide bonds. The van der Waals surface area contributed by atoms with Gasteiger partial charge in [0.1, 0.15) is 5.75 Å². The minimum Gasteiger partial charge on any atom is -0.497 e. The smallest absolute Gasteiger partial charge is 0.252 e. The molecule has 0 aliphatic carbocycles. The fourth-order valence-electron chi connectivity index (χ4n) is 2.14. The number of thioether (sulfide) groups is 1. The molecule has 0 bridgehead atoms. The molecule has 2 rings (SSSR count). The van der Waals surface area contributed by atoms with Gasteiger partial charge in [0, 0.05) is 11.4 Å². The van der Waals surface area contributed by atoms with E-state index < -0.39 is 0 Å². The highest BCUT2D eigenvalue weighted by molar-refractivity contribution is 7.99. The lowest BCUT2D eigenvalue weighted by Gasteiger charge is -2.09. The monoisotopic (exact) mass is 315 g/mol. The van der Waals surface area contributed by atoms with Gasteiger partial charge in [0.15, 0.2) is 0 Å². The fourth-order valence-corrected chi connectivity index (χ4v) is 2.95. The number of amides is 1. The quantitative estimate of drug-likeness (QED) is 0.790. The molecule has 22 heavy (non-hydrogen) atoms. The van der Waals surface area contributed by atoms with Crippen LogP contribution in [0, 0.1) is 0 Å². The van der Waals surface area contributed by atoms with Crippen molar-refractivity contribution in [2.45, 2.75) is 18.2 Å². The topological polar surface area (TPSA) is 38.3 Å². The normalized spacial score (nSPS) is 10.3. The molecule has 2 aromatic rings. The highest BCUT2D eigenvalue weighted by atomic mass is 32.2. The third-order valence-electron chi connectivity index (χ3n) is 3.29. The Balaban J connectivity index is 1.89. The van der Waals surface area contributed by atoms with E-state index in [-0.39, 0.29) is 5.91 Å². The zero-order chi connectivity index (χ0) is 15.8. The highest BCUT2D eigenvalue weighted by Crippen LogP contribution is 2.22. The highest BCUT2D eigenvalue weighted by Gasteiger charge is 2.10. The standard InChI is InChI=1S/C18H21NO2S/c1-3-22-17-7-5-4-6-16(17)18(20)19-13-12-14-8-10-15(21-2)11-9-14/h4-11H,3,12-13H2,1-2H3,(H,19,20). The van der Waals surface area contributed by atoms with Gasteiger partial charge in [-0.3, -0.25) is 4.79 Å². The second-order valence-corrected chi connectivity index (χ2v) is 6.09. The minimum atomic E-state index is -0.00920. The molecule has 3 nitrogen and oxygen atoms in total. The van der Waals surface area contributed by atoms with Crippen LogP contribution in [0.15, 0.2) is 53.4 Å². The van der Waals surface area contributed by atoms with Crippen LogP contribution in [0.25, 0.3) is 0 Å². The lowest BCUT2D eigenvalue weighted by Crippen LogP contribution is -2.26. The second kappa shape index (κ2) is 8.49. The van der Waals surface area contributed by atoms with Crippen LogP contribution in [0.5, 0.6) is 5.75 Å². The summed E-state index contributed by atoms with van der Waals surface area (Å²) in [7, 11) is 1.65. The summed E-state index contributed by atoms with van der Waals surface area (Å²) in [6.45, 7) is 2.71. The van der Waals surface area contributed by atoms with Crippen molar-refractivity contribution in [3.05, 3.63) is 59.7 Å². The van der Waals surface area contributed by atoms with Crippen molar-refractivity contribution in [1.29, 1.82) is 0 Å². The molecule has 116 valence electrons. The molecule has 1 N–H and O–H groups in total. The molecule has 0 fully saturated rings. The Morgan fingerprint density at radius 1 is 1.14 bits per heavy atom. The maximum absolute atomic E-state index is 12.3. The predicted molar refractivity (Wildman–Crippen MR) is 91.9 cm³/mol. The first-order chi connectivity index (χ1) is 10.7. The lowest BCUT2D eigenvalue weighted by atomic mass is 10.1. The molecule has 0 unspecified atom stereocenters. The van der Waals surface area contributed by atoms with Crippen LogP contribution in [-0.4, -0.2) is 25.3 Å². The molecular formula is C18H21NO2S. The lowest BCUT2D eigenvalue weighted by molar-refractivity contribution is 0.0951. The van der Waals surface area contributed by atoms with E-state index in [1.54, 1.807) is 18.9 Å². The van der Waals surface area contributed by atoms with Crippen LogP contribution in [0.2, 0.25) is 0 Å². The van der Waals surface area contributed by atoms with Gasteiger partial charge in [0.25, 0.3) is 5.91 Å². The Labute approximate surface area is 136 Å². The summed E-state index contributed by atoms with van der Waals surface area (Å²) in [6, 6.07) is 15.6. The molecule has 0 aliphatic heterocycles. The zero-order valence-electron chi connectivity index (χ0n) is 13.0. The third kappa shape index (κ3) is 4.53. The number of hydrogen-bond acceptors (Lipinski definition) is 3. The van der Waals surface area contributed by atoms with Gasteiger partial charge in [-0.1, -0.05) is 31.2 Å². The number of carbonyl (C=O) groups is 1. The Kier molecular flexibility index (Phi) is 6.34. The SMILES string of the molecule is CCSc1ccccc1C(=O)NCCc1ccc(OC)cc1. The molecule has 0 saturated carbocycles. The predicted octanol–water partition coefficient (Wildman–Crippen LogP) is 3.78. The summed E-state index contributed by atoms with van der Waals surface area (Å²) in [6.07, 6.45) is 0.804. The number of nitrogens with one attached hydrogen (secondary N) is 1. The summed E-state index contributed by atoms with van der Waals surface area (Å²) in [4.78, 5) is 13.3. The van der Waals surface area contributed by atoms with Crippen molar-refractivity contribution in [2.24, 2.45) is 0 Å². The van der Waals surface area contributed by atoms with E-state index >= 15 is 0 Å².